The maximum absolute atomic E-state index is 13.3. The minimum Gasteiger partial charge on any atom is -0.325 e. The lowest BCUT2D eigenvalue weighted by Gasteiger charge is -2.16. The van der Waals surface area contributed by atoms with Gasteiger partial charge in [0.15, 0.2) is 5.16 Å². The zero-order valence-electron chi connectivity index (χ0n) is 17.2. The lowest BCUT2D eigenvalue weighted by molar-refractivity contribution is -0.115. The summed E-state index contributed by atoms with van der Waals surface area (Å²) in [5.41, 5.74) is 2.97. The Balaban J connectivity index is 1.66. The Labute approximate surface area is 184 Å². The molecule has 1 unspecified atom stereocenters. The zero-order chi connectivity index (χ0) is 21.3. The third kappa shape index (κ3) is 3.96. The number of carbonyl (C=O) groups is 1. The Bertz CT molecular complexity index is 1180. The molecule has 0 fully saturated rings. The highest BCUT2D eigenvalue weighted by Gasteiger charge is 2.24. The summed E-state index contributed by atoms with van der Waals surface area (Å²) >= 11 is 2.95. The lowest BCUT2D eigenvalue weighted by atomic mass is 9.97. The van der Waals surface area contributed by atoms with E-state index < -0.39 is 5.25 Å². The normalized spacial score (nSPS) is 14.3. The van der Waals surface area contributed by atoms with E-state index in [-0.39, 0.29) is 11.5 Å². The van der Waals surface area contributed by atoms with Crippen LogP contribution in [-0.4, -0.2) is 20.7 Å². The molecular weight excluding hydrogens is 414 g/mol. The largest absolute Gasteiger partial charge is 0.325 e. The summed E-state index contributed by atoms with van der Waals surface area (Å²) in [6, 6.07) is 7.69. The van der Waals surface area contributed by atoms with Crippen molar-refractivity contribution in [3.63, 3.8) is 0 Å². The number of aryl methyl sites for hydroxylation is 3. The number of fused-ring (bicyclic) bond motifs is 3. The molecule has 0 saturated heterocycles. The summed E-state index contributed by atoms with van der Waals surface area (Å²) in [7, 11) is 0. The Morgan fingerprint density at radius 2 is 2.13 bits per heavy atom. The third-order valence-corrected chi connectivity index (χ3v) is 7.68. The van der Waals surface area contributed by atoms with Crippen molar-refractivity contribution in [3.05, 3.63) is 63.3 Å². The number of nitrogens with one attached hydrogen (secondary N) is 1. The van der Waals surface area contributed by atoms with Crippen molar-refractivity contribution in [1.82, 2.24) is 9.55 Å². The van der Waals surface area contributed by atoms with Gasteiger partial charge in [0, 0.05) is 17.1 Å². The van der Waals surface area contributed by atoms with Crippen LogP contribution in [0.5, 0.6) is 0 Å². The van der Waals surface area contributed by atoms with Crippen LogP contribution < -0.4 is 10.9 Å². The second kappa shape index (κ2) is 8.78. The Kier molecular flexibility index (Phi) is 6.11. The van der Waals surface area contributed by atoms with Crippen molar-refractivity contribution in [2.75, 3.05) is 5.32 Å². The number of anilines is 1. The van der Waals surface area contributed by atoms with E-state index in [4.69, 9.17) is 4.98 Å². The molecule has 0 spiro atoms. The van der Waals surface area contributed by atoms with Crippen LogP contribution >= 0.6 is 23.1 Å². The molecule has 1 aliphatic rings. The number of benzene rings is 1. The monoisotopic (exact) mass is 439 g/mol. The molecule has 7 heteroatoms. The van der Waals surface area contributed by atoms with E-state index in [9.17, 15) is 9.59 Å². The Hall–Kier alpha value is -2.38. The first-order chi connectivity index (χ1) is 14.5. The van der Waals surface area contributed by atoms with E-state index >= 15 is 0 Å². The molecule has 5 nitrogen and oxygen atoms in total. The molecule has 0 bridgehead atoms. The summed E-state index contributed by atoms with van der Waals surface area (Å²) in [5.74, 6) is -0.112. The van der Waals surface area contributed by atoms with E-state index in [1.807, 2.05) is 38.1 Å². The van der Waals surface area contributed by atoms with Crippen LogP contribution in [-0.2, 0) is 24.2 Å². The number of hydrogen-bond donors (Lipinski definition) is 1. The Morgan fingerprint density at radius 1 is 1.37 bits per heavy atom. The van der Waals surface area contributed by atoms with Crippen molar-refractivity contribution in [1.29, 1.82) is 0 Å². The number of carbonyl (C=O) groups excluding carboxylic acids is 1. The van der Waals surface area contributed by atoms with Gasteiger partial charge in [-0.1, -0.05) is 36.0 Å². The van der Waals surface area contributed by atoms with Crippen LogP contribution in [0.1, 0.15) is 35.8 Å². The Morgan fingerprint density at radius 3 is 2.90 bits per heavy atom. The second-order valence-electron chi connectivity index (χ2n) is 7.55. The van der Waals surface area contributed by atoms with Crippen molar-refractivity contribution in [2.24, 2.45) is 0 Å². The number of para-hydroxylation sites is 1. The first-order valence-corrected chi connectivity index (χ1v) is 11.9. The van der Waals surface area contributed by atoms with Gasteiger partial charge < -0.3 is 5.32 Å². The van der Waals surface area contributed by atoms with E-state index in [1.54, 1.807) is 22.0 Å². The summed E-state index contributed by atoms with van der Waals surface area (Å²) in [6.07, 6.45) is 5.96. The van der Waals surface area contributed by atoms with Gasteiger partial charge in [-0.05, 0) is 56.7 Å². The molecule has 30 heavy (non-hydrogen) atoms. The van der Waals surface area contributed by atoms with Gasteiger partial charge in [0.2, 0.25) is 5.91 Å². The number of rotatable bonds is 6. The molecular formula is C23H25N3O2S2. The molecule has 1 aromatic carbocycles. The summed E-state index contributed by atoms with van der Waals surface area (Å²) in [4.78, 5) is 33.0. The summed E-state index contributed by atoms with van der Waals surface area (Å²) in [6.45, 7) is 7.98. The number of aromatic nitrogens is 2. The quantitative estimate of drug-likeness (QED) is 0.335. The van der Waals surface area contributed by atoms with Crippen molar-refractivity contribution < 1.29 is 4.79 Å². The first kappa shape index (κ1) is 20.9. The summed E-state index contributed by atoms with van der Waals surface area (Å²) < 4.78 is 1.65. The van der Waals surface area contributed by atoms with Gasteiger partial charge in [0.25, 0.3) is 5.56 Å². The van der Waals surface area contributed by atoms with Crippen LogP contribution in [0.2, 0.25) is 0 Å². The maximum atomic E-state index is 13.3. The maximum Gasteiger partial charge on any atom is 0.263 e. The predicted octanol–water partition coefficient (Wildman–Crippen LogP) is 4.95. The molecule has 0 saturated carbocycles. The van der Waals surface area contributed by atoms with Crippen LogP contribution in [0.15, 0.2) is 46.9 Å². The molecule has 1 N–H and O–H groups in total. The minimum absolute atomic E-state index is 0.0201. The molecule has 2 aromatic heterocycles. The van der Waals surface area contributed by atoms with E-state index in [0.717, 1.165) is 40.7 Å². The predicted molar refractivity (Wildman–Crippen MR) is 126 cm³/mol. The van der Waals surface area contributed by atoms with E-state index in [1.165, 1.54) is 28.6 Å². The van der Waals surface area contributed by atoms with Gasteiger partial charge in [0.1, 0.15) is 4.83 Å². The minimum atomic E-state index is -0.403. The highest BCUT2D eigenvalue weighted by molar-refractivity contribution is 8.00. The smallest absolute Gasteiger partial charge is 0.263 e. The molecule has 1 atom stereocenters. The number of thiophene rings is 1. The average molecular weight is 440 g/mol. The van der Waals surface area contributed by atoms with E-state index in [0.29, 0.717) is 11.7 Å². The number of nitrogens with zero attached hydrogens (tertiary/aromatic N) is 2. The molecule has 0 aliphatic heterocycles. The van der Waals surface area contributed by atoms with Crippen molar-refractivity contribution >= 4 is 44.9 Å². The first-order valence-electron chi connectivity index (χ1n) is 10.2. The van der Waals surface area contributed by atoms with Gasteiger partial charge >= 0.3 is 0 Å². The molecule has 3 aromatic rings. The molecule has 4 rings (SSSR count). The topological polar surface area (TPSA) is 64.0 Å². The average Bonchev–Trinajstić information content (AvgIpc) is 3.11. The molecule has 2 heterocycles. The van der Waals surface area contributed by atoms with E-state index in [2.05, 4.69) is 11.9 Å². The van der Waals surface area contributed by atoms with Crippen molar-refractivity contribution in [2.45, 2.75) is 56.5 Å². The number of hydrogen-bond acceptors (Lipinski definition) is 5. The second-order valence-corrected chi connectivity index (χ2v) is 9.95. The van der Waals surface area contributed by atoms with Gasteiger partial charge in [-0.3, -0.25) is 14.2 Å². The zero-order valence-corrected chi connectivity index (χ0v) is 18.9. The number of thioether (sulfide) groups is 1. The molecule has 1 amide bonds. The standard InChI is InChI=1S/C23H25N3O2S2/c1-4-13-26-22(28)19-16-10-6-8-12-18(16)30-21(19)25-23(26)29-15(3)20(27)24-17-11-7-5-9-14(17)2/h4-5,7,9,11,15H,1,6,8,10,12-13H2,2-3H3,(H,24,27). The van der Waals surface area contributed by atoms with Gasteiger partial charge in [-0.15, -0.1) is 17.9 Å². The van der Waals surface area contributed by atoms with Crippen molar-refractivity contribution in [3.8, 4) is 0 Å². The van der Waals surface area contributed by atoms with Gasteiger partial charge in [-0.2, -0.15) is 0 Å². The fourth-order valence-corrected chi connectivity index (χ4v) is 5.98. The lowest BCUT2D eigenvalue weighted by Crippen LogP contribution is -2.27. The van der Waals surface area contributed by atoms with Gasteiger partial charge in [-0.25, -0.2) is 4.98 Å². The fourth-order valence-electron chi connectivity index (χ4n) is 3.76. The van der Waals surface area contributed by atoms with Gasteiger partial charge in [0.05, 0.1) is 10.6 Å². The third-order valence-electron chi connectivity index (χ3n) is 5.41. The summed E-state index contributed by atoms with van der Waals surface area (Å²) in [5, 5.41) is 3.91. The van der Waals surface area contributed by atoms with Crippen LogP contribution in [0.4, 0.5) is 5.69 Å². The number of amides is 1. The number of allylic oxidation sites excluding steroid dienone is 1. The fraction of sp³-hybridized carbons (Fsp3) is 0.348. The van der Waals surface area contributed by atoms with Crippen LogP contribution in [0.3, 0.4) is 0 Å². The van der Waals surface area contributed by atoms with Crippen LogP contribution in [0, 0.1) is 6.92 Å². The molecule has 1 aliphatic carbocycles. The van der Waals surface area contributed by atoms with Crippen LogP contribution in [0.25, 0.3) is 10.2 Å². The SMILES string of the molecule is C=CCn1c(SC(C)C(=O)Nc2ccccc2C)nc2sc3c(c2c1=O)CCCC3. The highest BCUT2D eigenvalue weighted by Crippen LogP contribution is 2.35. The highest BCUT2D eigenvalue weighted by atomic mass is 32.2. The molecule has 0 radical (unpaired) electrons. The molecule has 156 valence electrons.